The van der Waals surface area contributed by atoms with Crippen LogP contribution < -0.4 is 15.0 Å². The fraction of sp³-hybridized carbons (Fsp3) is 0.143. The molecule has 0 fully saturated rings. The van der Waals surface area contributed by atoms with Crippen LogP contribution in [0.5, 0.6) is 11.5 Å². The number of nitrogens with zero attached hydrogens (tertiary/aromatic N) is 3. The first-order valence-corrected chi connectivity index (χ1v) is 8.68. The van der Waals surface area contributed by atoms with Crippen LogP contribution >= 0.6 is 0 Å². The Morgan fingerprint density at radius 3 is 2.67 bits per heavy atom. The summed E-state index contributed by atoms with van der Waals surface area (Å²) in [4.78, 5) is 17.6. The minimum Gasteiger partial charge on any atom is -0.454 e. The second-order valence-corrected chi connectivity index (χ2v) is 6.67. The largest absolute Gasteiger partial charge is 0.454 e. The zero-order chi connectivity index (χ0) is 18.5. The van der Waals surface area contributed by atoms with Crippen molar-refractivity contribution in [2.75, 3.05) is 6.79 Å². The molecule has 1 aliphatic rings. The van der Waals surface area contributed by atoms with Crippen LogP contribution in [0.2, 0.25) is 0 Å². The minimum absolute atomic E-state index is 0.159. The Balaban J connectivity index is 1.63. The van der Waals surface area contributed by atoms with Crippen molar-refractivity contribution in [1.29, 1.82) is 0 Å². The molecule has 0 saturated heterocycles. The predicted molar refractivity (Wildman–Crippen MR) is 102 cm³/mol. The molecule has 0 spiro atoms. The Bertz CT molecular complexity index is 1250. The van der Waals surface area contributed by atoms with Gasteiger partial charge in [-0.15, -0.1) is 0 Å². The summed E-state index contributed by atoms with van der Waals surface area (Å²) in [5.74, 6) is 1.41. The molecule has 0 atom stereocenters. The molecular weight excluding hydrogens is 342 g/mol. The highest BCUT2D eigenvalue weighted by molar-refractivity contribution is 5.66. The van der Waals surface area contributed by atoms with Crippen LogP contribution in [-0.4, -0.2) is 20.7 Å². The second kappa shape index (κ2) is 5.74. The van der Waals surface area contributed by atoms with E-state index in [1.807, 2.05) is 55.7 Å². The molecule has 0 aliphatic carbocycles. The molecule has 0 unspecified atom stereocenters. The lowest BCUT2D eigenvalue weighted by Crippen LogP contribution is -2.20. The summed E-state index contributed by atoms with van der Waals surface area (Å²) in [5, 5.41) is 0. The number of benzene rings is 2. The van der Waals surface area contributed by atoms with Gasteiger partial charge in [0.1, 0.15) is 0 Å². The quantitative estimate of drug-likeness (QED) is 0.550. The van der Waals surface area contributed by atoms with Gasteiger partial charge in [0, 0.05) is 29.8 Å². The molecule has 27 heavy (non-hydrogen) atoms. The van der Waals surface area contributed by atoms with Gasteiger partial charge in [-0.25, -0.2) is 4.98 Å². The summed E-state index contributed by atoms with van der Waals surface area (Å²) in [6.07, 6.45) is 5.46. The number of aromatic nitrogens is 3. The highest BCUT2D eigenvalue weighted by Crippen LogP contribution is 2.35. The molecule has 5 rings (SSSR count). The van der Waals surface area contributed by atoms with Gasteiger partial charge in [0.25, 0.3) is 5.56 Å². The second-order valence-electron chi connectivity index (χ2n) is 6.67. The first kappa shape index (κ1) is 15.7. The SMILES string of the molecule is Cc1ccc(-n2ccn3cc(-c4ccc5c(c4)OCO5)nc3c2=O)cc1C. The van der Waals surface area contributed by atoms with Gasteiger partial charge in [-0.05, 0) is 55.3 Å². The maximum absolute atomic E-state index is 13.0. The number of imidazole rings is 1. The van der Waals surface area contributed by atoms with Crippen molar-refractivity contribution in [1.82, 2.24) is 14.0 Å². The maximum Gasteiger partial charge on any atom is 0.298 e. The Morgan fingerprint density at radius 1 is 0.963 bits per heavy atom. The summed E-state index contributed by atoms with van der Waals surface area (Å²) in [5.41, 5.74) is 4.97. The van der Waals surface area contributed by atoms with E-state index in [-0.39, 0.29) is 12.4 Å². The van der Waals surface area contributed by atoms with Gasteiger partial charge in [-0.2, -0.15) is 0 Å². The van der Waals surface area contributed by atoms with E-state index < -0.39 is 0 Å². The highest BCUT2D eigenvalue weighted by atomic mass is 16.7. The average molecular weight is 359 g/mol. The molecule has 6 heteroatoms. The first-order valence-electron chi connectivity index (χ1n) is 8.68. The van der Waals surface area contributed by atoms with E-state index in [0.717, 1.165) is 22.6 Å². The fourth-order valence-corrected chi connectivity index (χ4v) is 3.25. The van der Waals surface area contributed by atoms with Crippen LogP contribution in [0.1, 0.15) is 11.1 Å². The van der Waals surface area contributed by atoms with Crippen molar-refractivity contribution in [2.45, 2.75) is 13.8 Å². The van der Waals surface area contributed by atoms with Crippen LogP contribution in [0.3, 0.4) is 0 Å². The summed E-state index contributed by atoms with van der Waals surface area (Å²) in [7, 11) is 0. The molecule has 0 amide bonds. The van der Waals surface area contributed by atoms with Crippen LogP contribution in [0.15, 0.2) is 59.8 Å². The van der Waals surface area contributed by atoms with Crippen LogP contribution in [0, 0.1) is 13.8 Å². The number of aryl methyl sites for hydroxylation is 2. The van der Waals surface area contributed by atoms with Crippen LogP contribution in [0.25, 0.3) is 22.6 Å². The van der Waals surface area contributed by atoms with E-state index in [2.05, 4.69) is 11.9 Å². The number of ether oxygens (including phenoxy) is 2. The van der Waals surface area contributed by atoms with Crippen LogP contribution in [0.4, 0.5) is 0 Å². The van der Waals surface area contributed by atoms with Crippen LogP contribution in [-0.2, 0) is 0 Å². The molecule has 6 nitrogen and oxygen atoms in total. The van der Waals surface area contributed by atoms with Gasteiger partial charge in [-0.1, -0.05) is 6.07 Å². The normalized spacial score (nSPS) is 12.7. The number of fused-ring (bicyclic) bond motifs is 2. The summed E-state index contributed by atoms with van der Waals surface area (Å²) in [6, 6.07) is 11.6. The molecule has 2 aromatic heterocycles. The molecule has 0 saturated carbocycles. The number of hydrogen-bond acceptors (Lipinski definition) is 4. The van der Waals surface area contributed by atoms with Crippen molar-refractivity contribution in [3.63, 3.8) is 0 Å². The molecule has 134 valence electrons. The van der Waals surface area contributed by atoms with Gasteiger partial charge in [0.15, 0.2) is 11.5 Å². The van der Waals surface area contributed by atoms with E-state index in [4.69, 9.17) is 9.47 Å². The van der Waals surface area contributed by atoms with Gasteiger partial charge >= 0.3 is 0 Å². The van der Waals surface area contributed by atoms with E-state index in [1.165, 1.54) is 5.56 Å². The third kappa shape index (κ3) is 2.49. The Morgan fingerprint density at radius 2 is 1.81 bits per heavy atom. The third-order valence-electron chi connectivity index (χ3n) is 4.96. The number of hydrogen-bond donors (Lipinski definition) is 0. The van der Waals surface area contributed by atoms with Gasteiger partial charge < -0.3 is 13.9 Å². The monoisotopic (exact) mass is 359 g/mol. The molecule has 1 aliphatic heterocycles. The highest BCUT2D eigenvalue weighted by Gasteiger charge is 2.16. The van der Waals surface area contributed by atoms with E-state index >= 15 is 0 Å². The zero-order valence-corrected chi connectivity index (χ0v) is 15.0. The Labute approximate surface area is 155 Å². The van der Waals surface area contributed by atoms with Crippen molar-refractivity contribution in [3.05, 3.63) is 76.5 Å². The topological polar surface area (TPSA) is 57.8 Å². The van der Waals surface area contributed by atoms with Gasteiger partial charge in [-0.3, -0.25) is 9.36 Å². The molecule has 0 bridgehead atoms. The van der Waals surface area contributed by atoms with Crippen molar-refractivity contribution in [3.8, 4) is 28.4 Å². The molecule has 4 aromatic rings. The van der Waals surface area contributed by atoms with Gasteiger partial charge in [0.05, 0.1) is 5.69 Å². The molecule has 2 aromatic carbocycles. The molecular formula is C21H17N3O3. The summed E-state index contributed by atoms with van der Waals surface area (Å²) in [6.45, 7) is 4.32. The molecule has 0 radical (unpaired) electrons. The first-order chi connectivity index (χ1) is 13.1. The van der Waals surface area contributed by atoms with Crippen molar-refractivity contribution >= 4 is 5.65 Å². The van der Waals surface area contributed by atoms with E-state index in [0.29, 0.717) is 17.1 Å². The van der Waals surface area contributed by atoms with Gasteiger partial charge in [0.2, 0.25) is 12.4 Å². The lowest BCUT2D eigenvalue weighted by Gasteiger charge is -2.08. The maximum atomic E-state index is 13.0. The molecule has 3 heterocycles. The van der Waals surface area contributed by atoms with Crippen molar-refractivity contribution in [2.24, 2.45) is 0 Å². The standard InChI is InChI=1S/C21H17N3O3/c1-13-3-5-16(9-14(13)2)24-8-7-23-11-17(22-20(23)21(24)25)15-4-6-18-19(10-15)27-12-26-18/h3-11H,12H2,1-2H3. The zero-order valence-electron chi connectivity index (χ0n) is 15.0. The lowest BCUT2D eigenvalue weighted by molar-refractivity contribution is 0.174. The predicted octanol–water partition coefficient (Wildman–Crippen LogP) is 3.50. The van der Waals surface area contributed by atoms with E-state index in [9.17, 15) is 4.79 Å². The molecule has 0 N–H and O–H groups in total. The lowest BCUT2D eigenvalue weighted by atomic mass is 10.1. The smallest absolute Gasteiger partial charge is 0.298 e. The number of rotatable bonds is 2. The Kier molecular flexibility index (Phi) is 3.33. The van der Waals surface area contributed by atoms with Crippen molar-refractivity contribution < 1.29 is 9.47 Å². The Hall–Kier alpha value is -3.54. The van der Waals surface area contributed by atoms with E-state index in [1.54, 1.807) is 15.2 Å². The summed E-state index contributed by atoms with van der Waals surface area (Å²) >= 11 is 0. The minimum atomic E-state index is -0.159. The fourth-order valence-electron chi connectivity index (χ4n) is 3.25. The summed E-state index contributed by atoms with van der Waals surface area (Å²) < 4.78 is 14.2. The third-order valence-corrected chi connectivity index (χ3v) is 4.96. The average Bonchev–Trinajstić information content (AvgIpc) is 3.31.